The first kappa shape index (κ1) is 15.4. The molecule has 27 heavy (non-hydrogen) atoms. The molecule has 0 saturated heterocycles. The van der Waals surface area contributed by atoms with E-state index in [2.05, 4.69) is 10.1 Å². The average Bonchev–Trinajstić information content (AvgIpc) is 3.09. The van der Waals surface area contributed by atoms with Gasteiger partial charge in [-0.1, -0.05) is 30.3 Å². The van der Waals surface area contributed by atoms with Crippen LogP contribution in [0, 0.1) is 0 Å². The Morgan fingerprint density at radius 1 is 0.889 bits per heavy atom. The number of hydrogen-bond donors (Lipinski definition) is 2. The summed E-state index contributed by atoms with van der Waals surface area (Å²) in [6.07, 6.45) is 1.80. The highest BCUT2D eigenvalue weighted by atomic mass is 16.3. The first-order chi connectivity index (χ1) is 13.2. The summed E-state index contributed by atoms with van der Waals surface area (Å²) >= 11 is 0. The Kier molecular flexibility index (Phi) is 3.33. The van der Waals surface area contributed by atoms with Crippen LogP contribution in [0.2, 0.25) is 0 Å². The Bertz CT molecular complexity index is 1330. The molecule has 0 fully saturated rings. The van der Waals surface area contributed by atoms with Crippen molar-refractivity contribution in [3.8, 4) is 22.7 Å². The molecule has 5 nitrogen and oxygen atoms in total. The molecule has 2 heterocycles. The number of aromatic hydroxyl groups is 1. The fourth-order valence-electron chi connectivity index (χ4n) is 3.43. The normalized spacial score (nSPS) is 11.3. The minimum absolute atomic E-state index is 0.0654. The van der Waals surface area contributed by atoms with E-state index in [1.807, 2.05) is 53.2 Å². The quantitative estimate of drug-likeness (QED) is 0.499. The van der Waals surface area contributed by atoms with Crippen LogP contribution >= 0.6 is 0 Å². The summed E-state index contributed by atoms with van der Waals surface area (Å²) < 4.78 is 1.96. The number of benzene rings is 3. The number of nitrogens with one attached hydrogen (secondary N) is 1. The number of pyridine rings is 1. The molecular formula is C22H15N3O2. The number of fused-ring (bicyclic) bond motifs is 3. The SMILES string of the molecule is O=c1ccc2c(c1)ncc1c(-c3ccccc3)[nH]n(-c3ccc(O)cc3)c12. The molecular weight excluding hydrogens is 338 g/mol. The maximum absolute atomic E-state index is 11.8. The predicted molar refractivity (Wildman–Crippen MR) is 106 cm³/mol. The van der Waals surface area contributed by atoms with Gasteiger partial charge in [-0.25, -0.2) is 0 Å². The van der Waals surface area contributed by atoms with Gasteiger partial charge in [-0.2, -0.15) is 0 Å². The van der Waals surface area contributed by atoms with Gasteiger partial charge in [0.2, 0.25) is 0 Å². The molecule has 5 aromatic rings. The van der Waals surface area contributed by atoms with Crippen molar-refractivity contribution < 1.29 is 5.11 Å². The zero-order chi connectivity index (χ0) is 18.4. The molecule has 0 amide bonds. The Morgan fingerprint density at radius 3 is 2.44 bits per heavy atom. The summed E-state index contributed by atoms with van der Waals surface area (Å²) in [7, 11) is 0. The van der Waals surface area contributed by atoms with Crippen LogP contribution in [-0.4, -0.2) is 19.9 Å². The lowest BCUT2D eigenvalue weighted by Crippen LogP contribution is -1.99. The molecule has 5 rings (SSSR count). The van der Waals surface area contributed by atoms with Gasteiger partial charge in [-0.15, -0.1) is 0 Å². The number of aromatic amines is 1. The molecule has 0 unspecified atom stereocenters. The fourth-order valence-corrected chi connectivity index (χ4v) is 3.43. The van der Waals surface area contributed by atoms with Crippen LogP contribution in [0.25, 0.3) is 38.8 Å². The van der Waals surface area contributed by atoms with E-state index in [9.17, 15) is 9.90 Å². The number of nitrogens with zero attached hydrogens (tertiary/aromatic N) is 2. The van der Waals surface area contributed by atoms with Gasteiger partial charge >= 0.3 is 0 Å². The molecule has 2 aromatic heterocycles. The Balaban J connectivity index is 1.92. The molecule has 0 radical (unpaired) electrons. The lowest BCUT2D eigenvalue weighted by atomic mass is 10.1. The third-order valence-electron chi connectivity index (χ3n) is 4.70. The number of aromatic nitrogens is 3. The van der Waals surface area contributed by atoms with Crippen LogP contribution in [0.1, 0.15) is 0 Å². The van der Waals surface area contributed by atoms with Crippen LogP contribution in [0.3, 0.4) is 0 Å². The van der Waals surface area contributed by atoms with Gasteiger partial charge in [-0.05, 0) is 36.4 Å². The first-order valence-electron chi connectivity index (χ1n) is 8.59. The average molecular weight is 353 g/mol. The highest BCUT2D eigenvalue weighted by molar-refractivity contribution is 6.08. The van der Waals surface area contributed by atoms with Gasteiger partial charge in [0.1, 0.15) is 5.75 Å². The van der Waals surface area contributed by atoms with Crippen LogP contribution in [0.5, 0.6) is 5.75 Å². The summed E-state index contributed by atoms with van der Waals surface area (Å²) in [6.45, 7) is 0. The van der Waals surface area contributed by atoms with Gasteiger partial charge < -0.3 is 5.11 Å². The van der Waals surface area contributed by atoms with E-state index in [1.165, 1.54) is 0 Å². The van der Waals surface area contributed by atoms with Crippen LogP contribution in [0.4, 0.5) is 0 Å². The van der Waals surface area contributed by atoms with Crippen molar-refractivity contribution in [1.29, 1.82) is 0 Å². The molecule has 0 spiro atoms. The molecule has 3 aromatic carbocycles. The number of H-pyrrole nitrogens is 1. The van der Waals surface area contributed by atoms with E-state index < -0.39 is 0 Å². The molecule has 130 valence electrons. The number of hydrogen-bond acceptors (Lipinski definition) is 3. The summed E-state index contributed by atoms with van der Waals surface area (Å²) in [6, 6.07) is 21.9. The van der Waals surface area contributed by atoms with Crippen molar-refractivity contribution in [3.05, 3.63) is 89.2 Å². The molecule has 0 bridgehead atoms. The van der Waals surface area contributed by atoms with E-state index >= 15 is 0 Å². The van der Waals surface area contributed by atoms with Gasteiger partial charge in [-0.3, -0.25) is 19.6 Å². The van der Waals surface area contributed by atoms with Crippen molar-refractivity contribution in [2.24, 2.45) is 0 Å². The second kappa shape index (κ2) is 5.85. The third kappa shape index (κ3) is 2.48. The maximum Gasteiger partial charge on any atom is 0.180 e. The standard InChI is InChI=1S/C22H15N3O2/c26-16-8-6-15(7-9-16)25-22-18-11-10-17(27)12-20(18)23-13-19(22)21(24-25)14-4-2-1-3-5-14/h1-13,24,26H. The fraction of sp³-hybridized carbons (Fsp3) is 0. The van der Waals surface area contributed by atoms with Crippen LogP contribution in [0.15, 0.2) is 83.8 Å². The maximum atomic E-state index is 11.8. The molecule has 0 saturated carbocycles. The van der Waals surface area contributed by atoms with Crippen molar-refractivity contribution >= 4 is 21.8 Å². The third-order valence-corrected chi connectivity index (χ3v) is 4.70. The van der Waals surface area contributed by atoms with Crippen molar-refractivity contribution in [3.63, 3.8) is 0 Å². The van der Waals surface area contributed by atoms with Gasteiger partial charge in [0.15, 0.2) is 5.43 Å². The second-order valence-corrected chi connectivity index (χ2v) is 6.40. The summed E-state index contributed by atoms with van der Waals surface area (Å²) in [4.78, 5) is 16.3. The second-order valence-electron chi connectivity index (χ2n) is 6.40. The summed E-state index contributed by atoms with van der Waals surface area (Å²) in [5, 5.41) is 14.9. The predicted octanol–water partition coefficient (Wildman–Crippen LogP) is 4.24. The molecule has 2 N–H and O–H groups in total. The van der Waals surface area contributed by atoms with E-state index in [0.29, 0.717) is 5.52 Å². The zero-order valence-corrected chi connectivity index (χ0v) is 14.3. The highest BCUT2D eigenvalue weighted by Crippen LogP contribution is 2.33. The van der Waals surface area contributed by atoms with Gasteiger partial charge in [0.25, 0.3) is 0 Å². The number of phenols is 1. The van der Waals surface area contributed by atoms with Crippen molar-refractivity contribution in [2.45, 2.75) is 0 Å². The summed E-state index contributed by atoms with van der Waals surface area (Å²) in [5.74, 6) is 0.209. The molecule has 0 aliphatic heterocycles. The minimum Gasteiger partial charge on any atom is -0.508 e. The van der Waals surface area contributed by atoms with E-state index in [4.69, 9.17) is 0 Å². The first-order valence-corrected chi connectivity index (χ1v) is 8.59. The smallest absolute Gasteiger partial charge is 0.180 e. The van der Waals surface area contributed by atoms with Crippen LogP contribution in [-0.2, 0) is 0 Å². The number of rotatable bonds is 2. The topological polar surface area (TPSA) is 70.9 Å². The van der Waals surface area contributed by atoms with Crippen molar-refractivity contribution in [2.75, 3.05) is 0 Å². The lowest BCUT2D eigenvalue weighted by molar-refractivity contribution is 0.475. The summed E-state index contributed by atoms with van der Waals surface area (Å²) in [5.41, 5.74) is 4.38. The molecule has 0 aliphatic rings. The molecule has 0 atom stereocenters. The van der Waals surface area contributed by atoms with Crippen LogP contribution < -0.4 is 5.43 Å². The Morgan fingerprint density at radius 2 is 1.67 bits per heavy atom. The van der Waals surface area contributed by atoms with Gasteiger partial charge in [0, 0.05) is 28.6 Å². The zero-order valence-electron chi connectivity index (χ0n) is 14.3. The van der Waals surface area contributed by atoms with E-state index in [-0.39, 0.29) is 11.2 Å². The number of phenolic OH excluding ortho intramolecular Hbond substituents is 1. The monoisotopic (exact) mass is 353 g/mol. The largest absolute Gasteiger partial charge is 0.508 e. The van der Waals surface area contributed by atoms with Crippen molar-refractivity contribution in [1.82, 2.24) is 14.8 Å². The van der Waals surface area contributed by atoms with E-state index in [0.717, 1.165) is 33.2 Å². The molecule has 0 aliphatic carbocycles. The Labute approximate surface area is 154 Å². The minimum atomic E-state index is -0.0654. The van der Waals surface area contributed by atoms with E-state index in [1.54, 1.807) is 30.5 Å². The Hall–Kier alpha value is -3.86. The lowest BCUT2D eigenvalue weighted by Gasteiger charge is -2.07. The highest BCUT2D eigenvalue weighted by Gasteiger charge is 2.15. The van der Waals surface area contributed by atoms with Gasteiger partial charge in [0.05, 0.1) is 22.4 Å². The molecule has 5 heteroatoms.